The molecule has 1 saturated carbocycles. The number of piperidine rings is 1. The molecule has 0 amide bonds. The number of ether oxygens (including phenoxy) is 2. The van der Waals surface area contributed by atoms with Crippen LogP contribution in [0.5, 0.6) is 5.75 Å². The van der Waals surface area contributed by atoms with E-state index in [2.05, 4.69) is 22.3 Å². The van der Waals surface area contributed by atoms with Crippen LogP contribution in [0, 0.1) is 5.92 Å². The molecule has 1 N–H and O–H groups in total. The largest absolute Gasteiger partial charge is 0.495 e. The van der Waals surface area contributed by atoms with E-state index in [1.165, 1.54) is 31.4 Å². The second-order valence-electron chi connectivity index (χ2n) is 6.80. The first kappa shape index (κ1) is 14.3. The number of nitrogens with zero attached hydrogens (tertiary/aromatic N) is 1. The number of methoxy groups -OCH3 is 1. The second-order valence-corrected chi connectivity index (χ2v) is 6.80. The standard InChI is InChI=1S/C18H26N2O2/c1-21-17-5-3-2-4-16(17)20-9-6-13(7-10-20)19-15-12-18-14(15)8-11-22-18/h2-5,13-15,18-19H,6-12H2,1H3/t14-,15-,18+/m1/s1. The summed E-state index contributed by atoms with van der Waals surface area (Å²) in [6.07, 6.45) is 5.46. The highest BCUT2D eigenvalue weighted by atomic mass is 16.5. The number of hydrogen-bond donors (Lipinski definition) is 1. The van der Waals surface area contributed by atoms with Crippen LogP contribution in [-0.4, -0.2) is 45.0 Å². The van der Waals surface area contributed by atoms with E-state index in [-0.39, 0.29) is 0 Å². The Bertz CT molecular complexity index is 514. The fourth-order valence-corrected chi connectivity index (χ4v) is 4.27. The van der Waals surface area contributed by atoms with Gasteiger partial charge in [-0.1, -0.05) is 12.1 Å². The van der Waals surface area contributed by atoms with Crippen LogP contribution in [0.15, 0.2) is 24.3 Å². The van der Waals surface area contributed by atoms with Gasteiger partial charge in [-0.2, -0.15) is 0 Å². The minimum Gasteiger partial charge on any atom is -0.495 e. The SMILES string of the molecule is COc1ccccc1N1CCC(N[C@@H]2C[C@@H]3OCC[C@@H]32)CC1. The van der Waals surface area contributed by atoms with Crippen LogP contribution in [0.1, 0.15) is 25.7 Å². The quantitative estimate of drug-likeness (QED) is 0.926. The molecule has 1 aliphatic carbocycles. The van der Waals surface area contributed by atoms with Crippen molar-refractivity contribution >= 4 is 5.69 Å². The molecule has 0 spiro atoms. The van der Waals surface area contributed by atoms with Gasteiger partial charge in [-0.3, -0.25) is 0 Å². The summed E-state index contributed by atoms with van der Waals surface area (Å²) in [6.45, 7) is 3.18. The average molecular weight is 302 g/mol. The monoisotopic (exact) mass is 302 g/mol. The van der Waals surface area contributed by atoms with E-state index in [0.29, 0.717) is 18.2 Å². The van der Waals surface area contributed by atoms with Crippen molar-refractivity contribution in [1.82, 2.24) is 5.32 Å². The van der Waals surface area contributed by atoms with E-state index in [1.807, 2.05) is 12.1 Å². The molecule has 0 aromatic heterocycles. The molecular formula is C18H26N2O2. The van der Waals surface area contributed by atoms with E-state index >= 15 is 0 Å². The fourth-order valence-electron chi connectivity index (χ4n) is 4.27. The lowest BCUT2D eigenvalue weighted by Crippen LogP contribution is -2.56. The van der Waals surface area contributed by atoms with E-state index in [4.69, 9.17) is 9.47 Å². The van der Waals surface area contributed by atoms with Gasteiger partial charge in [-0.25, -0.2) is 0 Å². The van der Waals surface area contributed by atoms with Gasteiger partial charge in [0, 0.05) is 37.7 Å². The van der Waals surface area contributed by atoms with Crippen LogP contribution < -0.4 is 15.0 Å². The van der Waals surface area contributed by atoms with Gasteiger partial charge >= 0.3 is 0 Å². The minimum absolute atomic E-state index is 0.561. The van der Waals surface area contributed by atoms with Crippen LogP contribution >= 0.6 is 0 Å². The third kappa shape index (κ3) is 2.59. The van der Waals surface area contributed by atoms with Crippen LogP contribution in [0.2, 0.25) is 0 Å². The third-order valence-electron chi connectivity index (χ3n) is 5.63. The van der Waals surface area contributed by atoms with E-state index in [9.17, 15) is 0 Å². The summed E-state index contributed by atoms with van der Waals surface area (Å²) in [5.41, 5.74) is 1.23. The zero-order chi connectivity index (χ0) is 14.9. The summed E-state index contributed by atoms with van der Waals surface area (Å²) in [6, 6.07) is 9.71. The first-order valence-corrected chi connectivity index (χ1v) is 8.61. The Kier molecular flexibility index (Phi) is 3.97. The Hall–Kier alpha value is -1.26. The maximum absolute atomic E-state index is 5.71. The van der Waals surface area contributed by atoms with Crippen LogP contribution in [0.4, 0.5) is 5.69 Å². The molecule has 1 aromatic rings. The summed E-state index contributed by atoms with van der Waals surface area (Å²) in [5, 5.41) is 3.89. The van der Waals surface area contributed by atoms with E-state index in [1.54, 1.807) is 7.11 Å². The Morgan fingerprint density at radius 1 is 1.18 bits per heavy atom. The molecular weight excluding hydrogens is 276 g/mol. The number of rotatable bonds is 4. The first-order chi connectivity index (χ1) is 10.8. The lowest BCUT2D eigenvalue weighted by atomic mass is 9.75. The van der Waals surface area contributed by atoms with Gasteiger partial charge in [-0.05, 0) is 37.8 Å². The number of benzene rings is 1. The maximum atomic E-state index is 5.71. The lowest BCUT2D eigenvalue weighted by Gasteiger charge is -2.43. The van der Waals surface area contributed by atoms with Gasteiger partial charge in [-0.15, -0.1) is 0 Å². The molecule has 3 atom stereocenters. The molecule has 120 valence electrons. The topological polar surface area (TPSA) is 33.7 Å². The van der Waals surface area contributed by atoms with Crippen LogP contribution in [0.25, 0.3) is 0 Å². The molecule has 3 aliphatic rings. The highest BCUT2D eigenvalue weighted by Crippen LogP contribution is 2.39. The van der Waals surface area contributed by atoms with Crippen LogP contribution in [-0.2, 0) is 4.74 Å². The molecule has 0 unspecified atom stereocenters. The summed E-state index contributed by atoms with van der Waals surface area (Å²) in [5.74, 6) is 1.77. The summed E-state index contributed by atoms with van der Waals surface area (Å²) < 4.78 is 11.2. The molecule has 3 fully saturated rings. The summed E-state index contributed by atoms with van der Waals surface area (Å²) in [4.78, 5) is 2.46. The third-order valence-corrected chi connectivity index (χ3v) is 5.63. The number of para-hydroxylation sites is 2. The molecule has 1 aromatic carbocycles. The van der Waals surface area contributed by atoms with Crippen molar-refractivity contribution < 1.29 is 9.47 Å². The van der Waals surface area contributed by atoms with Crippen molar-refractivity contribution in [2.24, 2.45) is 5.92 Å². The zero-order valence-corrected chi connectivity index (χ0v) is 13.3. The van der Waals surface area contributed by atoms with Crippen molar-refractivity contribution in [2.45, 2.75) is 43.9 Å². The van der Waals surface area contributed by atoms with Crippen molar-refractivity contribution in [3.8, 4) is 5.75 Å². The normalized spacial score (nSPS) is 31.7. The van der Waals surface area contributed by atoms with Gasteiger partial charge < -0.3 is 19.7 Å². The van der Waals surface area contributed by atoms with Gasteiger partial charge in [0.05, 0.1) is 18.9 Å². The van der Waals surface area contributed by atoms with E-state index < -0.39 is 0 Å². The molecule has 4 nitrogen and oxygen atoms in total. The molecule has 2 heterocycles. The van der Waals surface area contributed by atoms with Gasteiger partial charge in [0.1, 0.15) is 5.75 Å². The van der Waals surface area contributed by atoms with Crippen LogP contribution in [0.3, 0.4) is 0 Å². The zero-order valence-electron chi connectivity index (χ0n) is 13.3. The molecule has 0 bridgehead atoms. The highest BCUT2D eigenvalue weighted by molar-refractivity contribution is 5.58. The number of fused-ring (bicyclic) bond motifs is 1. The number of nitrogens with one attached hydrogen (secondary N) is 1. The highest BCUT2D eigenvalue weighted by Gasteiger charge is 2.45. The second kappa shape index (κ2) is 6.09. The molecule has 2 aliphatic heterocycles. The molecule has 22 heavy (non-hydrogen) atoms. The maximum Gasteiger partial charge on any atom is 0.142 e. The molecule has 4 heteroatoms. The van der Waals surface area contributed by atoms with E-state index in [0.717, 1.165) is 31.4 Å². The smallest absolute Gasteiger partial charge is 0.142 e. The summed E-state index contributed by atoms with van der Waals surface area (Å²) in [7, 11) is 1.75. The summed E-state index contributed by atoms with van der Waals surface area (Å²) >= 11 is 0. The van der Waals surface area contributed by atoms with Crippen molar-refractivity contribution in [1.29, 1.82) is 0 Å². The fraction of sp³-hybridized carbons (Fsp3) is 0.667. The van der Waals surface area contributed by atoms with Crippen molar-refractivity contribution in [2.75, 3.05) is 31.7 Å². The first-order valence-electron chi connectivity index (χ1n) is 8.61. The molecule has 4 rings (SSSR count). The number of hydrogen-bond acceptors (Lipinski definition) is 4. The predicted octanol–water partition coefficient (Wildman–Crippen LogP) is 2.43. The van der Waals surface area contributed by atoms with Gasteiger partial charge in [0.25, 0.3) is 0 Å². The lowest BCUT2D eigenvalue weighted by molar-refractivity contribution is 0.00282. The predicted molar refractivity (Wildman–Crippen MR) is 87.6 cm³/mol. The Balaban J connectivity index is 1.31. The Morgan fingerprint density at radius 3 is 2.77 bits per heavy atom. The Morgan fingerprint density at radius 2 is 2.00 bits per heavy atom. The van der Waals surface area contributed by atoms with Crippen molar-refractivity contribution in [3.63, 3.8) is 0 Å². The minimum atomic E-state index is 0.561. The average Bonchev–Trinajstić information content (AvgIpc) is 2.94. The molecule has 0 radical (unpaired) electrons. The van der Waals surface area contributed by atoms with Crippen molar-refractivity contribution in [3.05, 3.63) is 24.3 Å². The number of anilines is 1. The Labute approximate surface area is 132 Å². The van der Waals surface area contributed by atoms with Gasteiger partial charge in [0.15, 0.2) is 0 Å². The van der Waals surface area contributed by atoms with Gasteiger partial charge in [0.2, 0.25) is 0 Å². The molecule has 2 saturated heterocycles.